The van der Waals surface area contributed by atoms with Crippen LogP contribution in [0.3, 0.4) is 0 Å². The van der Waals surface area contributed by atoms with Crippen LogP contribution in [0.25, 0.3) is 0 Å². The Kier molecular flexibility index (Phi) is 41.5. The van der Waals surface area contributed by atoms with Crippen molar-refractivity contribution in [3.05, 3.63) is 72.9 Å². The van der Waals surface area contributed by atoms with Gasteiger partial charge in [-0.25, -0.2) is 4.57 Å². The second kappa shape index (κ2) is 43.1. The monoisotopic (exact) mass is 792 g/mol. The highest BCUT2D eigenvalue weighted by Crippen LogP contribution is 2.43. The van der Waals surface area contributed by atoms with Crippen molar-refractivity contribution in [1.82, 2.24) is 0 Å². The molecule has 0 aromatic rings. The average Bonchev–Trinajstić information content (AvgIpc) is 3.17. The fourth-order valence-corrected chi connectivity index (χ4v) is 6.43. The first-order chi connectivity index (χ1) is 26.9. The minimum absolute atomic E-state index is 0.0914. The summed E-state index contributed by atoms with van der Waals surface area (Å²) in [4.78, 5) is 22.5. The van der Waals surface area contributed by atoms with E-state index in [1.54, 1.807) is 0 Å². The lowest BCUT2D eigenvalue weighted by Crippen LogP contribution is -2.28. The molecule has 0 aromatic heterocycles. The highest BCUT2D eigenvalue weighted by molar-refractivity contribution is 7.47. The largest absolute Gasteiger partial charge is 0.472 e. The molecule has 0 saturated heterocycles. The standard InChI is InChI=1S/C46H82NO7P/c1-3-5-7-9-11-13-15-17-19-21-22-24-26-28-30-32-34-36-38-41-51-43-45(44-53-55(49,50)52-42-40-47)54-46(48)39-37-35-33-31-29-27-25-23-20-18-16-14-12-10-8-6-4-2/h6,8,12-15,18-21,25,27,45H,3-5,7,9-11,16-17,22-24,26,28-44,47H2,1-2H3,(H,49,50)/b8-6-,14-12-,15-13-,20-18-,21-19-,27-25-. The Morgan fingerprint density at radius 2 is 1.02 bits per heavy atom. The predicted molar refractivity (Wildman–Crippen MR) is 233 cm³/mol. The summed E-state index contributed by atoms with van der Waals surface area (Å²) >= 11 is 0. The number of phosphoric ester groups is 1. The lowest BCUT2D eigenvalue weighted by Gasteiger charge is -2.20. The quantitative estimate of drug-likeness (QED) is 0.0272. The Bertz CT molecular complexity index is 1070. The lowest BCUT2D eigenvalue weighted by atomic mass is 10.1. The summed E-state index contributed by atoms with van der Waals surface area (Å²) in [6.45, 7) is 4.73. The zero-order valence-corrected chi connectivity index (χ0v) is 36.0. The van der Waals surface area contributed by atoms with Crippen molar-refractivity contribution in [2.75, 3.05) is 33.0 Å². The van der Waals surface area contributed by atoms with Gasteiger partial charge < -0.3 is 20.1 Å². The Balaban J connectivity index is 4.09. The van der Waals surface area contributed by atoms with Crippen LogP contribution in [0, 0.1) is 0 Å². The van der Waals surface area contributed by atoms with E-state index in [9.17, 15) is 14.3 Å². The van der Waals surface area contributed by atoms with E-state index in [1.807, 2.05) is 0 Å². The van der Waals surface area contributed by atoms with Gasteiger partial charge >= 0.3 is 13.8 Å². The van der Waals surface area contributed by atoms with Gasteiger partial charge in [0.25, 0.3) is 0 Å². The van der Waals surface area contributed by atoms with E-state index < -0.39 is 13.9 Å². The van der Waals surface area contributed by atoms with Crippen LogP contribution in [0.1, 0.15) is 174 Å². The molecule has 0 aliphatic carbocycles. The van der Waals surface area contributed by atoms with E-state index >= 15 is 0 Å². The number of allylic oxidation sites excluding steroid dienone is 12. The summed E-state index contributed by atoms with van der Waals surface area (Å²) in [5.41, 5.74) is 5.37. The van der Waals surface area contributed by atoms with Crippen LogP contribution in [0.5, 0.6) is 0 Å². The number of unbranched alkanes of at least 4 members (excludes halogenated alkanes) is 16. The molecule has 55 heavy (non-hydrogen) atoms. The maximum atomic E-state index is 12.6. The summed E-state index contributed by atoms with van der Waals surface area (Å²) in [6.07, 6.45) is 53.5. The molecule has 8 nitrogen and oxygen atoms in total. The van der Waals surface area contributed by atoms with Gasteiger partial charge in [0.05, 0.1) is 19.8 Å². The van der Waals surface area contributed by atoms with Gasteiger partial charge in [-0.2, -0.15) is 0 Å². The van der Waals surface area contributed by atoms with Crippen molar-refractivity contribution in [1.29, 1.82) is 0 Å². The number of phosphoric acid groups is 1. The van der Waals surface area contributed by atoms with Crippen molar-refractivity contribution in [3.8, 4) is 0 Å². The van der Waals surface area contributed by atoms with Crippen molar-refractivity contribution < 1.29 is 32.8 Å². The molecule has 0 aliphatic heterocycles. The summed E-state index contributed by atoms with van der Waals surface area (Å²) in [6, 6.07) is 0. The molecule has 9 heteroatoms. The molecule has 0 fully saturated rings. The first kappa shape index (κ1) is 52.9. The molecule has 0 aromatic carbocycles. The molecule has 2 atom stereocenters. The third kappa shape index (κ3) is 42.9. The van der Waals surface area contributed by atoms with Gasteiger partial charge in [-0.1, -0.05) is 157 Å². The second-order valence-electron chi connectivity index (χ2n) is 14.2. The van der Waals surface area contributed by atoms with E-state index in [2.05, 4.69) is 86.8 Å². The molecule has 3 N–H and O–H groups in total. The van der Waals surface area contributed by atoms with Gasteiger partial charge in [-0.3, -0.25) is 13.8 Å². The number of carbonyl (C=O) groups is 1. The number of nitrogens with two attached hydrogens (primary N) is 1. The van der Waals surface area contributed by atoms with Gasteiger partial charge in [0.2, 0.25) is 0 Å². The topological polar surface area (TPSA) is 117 Å². The van der Waals surface area contributed by atoms with E-state index in [0.717, 1.165) is 77.0 Å². The fraction of sp³-hybridized carbons (Fsp3) is 0.717. The van der Waals surface area contributed by atoms with Gasteiger partial charge in [0, 0.05) is 19.6 Å². The highest BCUT2D eigenvalue weighted by atomic mass is 31.2. The summed E-state index contributed by atoms with van der Waals surface area (Å²) in [5, 5.41) is 0. The lowest BCUT2D eigenvalue weighted by molar-refractivity contribution is -0.154. The van der Waals surface area contributed by atoms with Crippen molar-refractivity contribution in [2.45, 2.75) is 180 Å². The molecule has 2 unspecified atom stereocenters. The van der Waals surface area contributed by atoms with Crippen LogP contribution < -0.4 is 5.73 Å². The van der Waals surface area contributed by atoms with E-state index in [-0.39, 0.29) is 38.8 Å². The first-order valence-corrected chi connectivity index (χ1v) is 23.4. The Morgan fingerprint density at radius 1 is 0.564 bits per heavy atom. The Hall–Kier alpha value is -2.06. The molecule has 0 rings (SSSR count). The molecule has 0 spiro atoms. The molecule has 0 heterocycles. The van der Waals surface area contributed by atoms with Crippen molar-refractivity contribution >= 4 is 13.8 Å². The third-order valence-electron chi connectivity index (χ3n) is 8.86. The maximum absolute atomic E-state index is 12.6. The molecule has 0 bridgehead atoms. The minimum atomic E-state index is -4.29. The third-order valence-corrected chi connectivity index (χ3v) is 9.84. The van der Waals surface area contributed by atoms with Crippen LogP contribution in [-0.2, 0) is 27.9 Å². The minimum Gasteiger partial charge on any atom is -0.457 e. The average molecular weight is 792 g/mol. The van der Waals surface area contributed by atoms with E-state index in [0.29, 0.717) is 6.61 Å². The second-order valence-corrected chi connectivity index (χ2v) is 15.6. The first-order valence-electron chi connectivity index (χ1n) is 21.9. The smallest absolute Gasteiger partial charge is 0.457 e. The van der Waals surface area contributed by atoms with Gasteiger partial charge in [-0.15, -0.1) is 0 Å². The number of hydrogen-bond donors (Lipinski definition) is 2. The molecule has 0 aliphatic rings. The van der Waals surface area contributed by atoms with E-state index in [4.69, 9.17) is 24.3 Å². The number of hydrogen-bond acceptors (Lipinski definition) is 7. The van der Waals surface area contributed by atoms with Crippen LogP contribution in [0.15, 0.2) is 72.9 Å². The van der Waals surface area contributed by atoms with Crippen LogP contribution in [0.4, 0.5) is 0 Å². The molecule has 0 radical (unpaired) electrons. The SMILES string of the molecule is CC/C=C\C/C=C\C/C=C\C/C=C\CCCCCCC(=O)OC(COCCCCCCCCCC/C=C\C/C=C\CCCCCC)COP(=O)(O)OCCN. The van der Waals surface area contributed by atoms with Gasteiger partial charge in [0.1, 0.15) is 6.10 Å². The van der Waals surface area contributed by atoms with Crippen molar-refractivity contribution in [3.63, 3.8) is 0 Å². The summed E-state index contributed by atoms with van der Waals surface area (Å²) in [7, 11) is -4.29. The van der Waals surface area contributed by atoms with Crippen molar-refractivity contribution in [2.24, 2.45) is 5.73 Å². The zero-order valence-electron chi connectivity index (χ0n) is 35.1. The van der Waals surface area contributed by atoms with Crippen LogP contribution in [-0.4, -0.2) is 49.9 Å². The maximum Gasteiger partial charge on any atom is 0.472 e. The molecule has 0 amide bonds. The Labute approximate surface area is 337 Å². The van der Waals surface area contributed by atoms with Gasteiger partial charge in [-0.05, 0) is 83.5 Å². The number of esters is 1. The number of rotatable bonds is 41. The van der Waals surface area contributed by atoms with E-state index in [1.165, 1.54) is 77.0 Å². The number of carbonyl (C=O) groups excluding carboxylic acids is 1. The highest BCUT2D eigenvalue weighted by Gasteiger charge is 2.25. The van der Waals surface area contributed by atoms with Gasteiger partial charge in [0.15, 0.2) is 0 Å². The number of ether oxygens (including phenoxy) is 2. The molecular formula is C46H82NO7P. The zero-order chi connectivity index (χ0) is 40.2. The molecular weight excluding hydrogens is 709 g/mol. The predicted octanol–water partition coefficient (Wildman–Crippen LogP) is 13.1. The molecule has 0 saturated carbocycles. The fourth-order valence-electron chi connectivity index (χ4n) is 5.66. The normalized spacial score (nSPS) is 14.2. The van der Waals surface area contributed by atoms with Crippen LogP contribution in [0.2, 0.25) is 0 Å². The summed E-state index contributed by atoms with van der Waals surface area (Å²) < 4.78 is 33.4. The Morgan fingerprint density at radius 3 is 1.53 bits per heavy atom. The molecule has 318 valence electrons. The van der Waals surface area contributed by atoms with Crippen LogP contribution >= 0.6 is 7.82 Å². The summed E-state index contributed by atoms with van der Waals surface area (Å²) in [5.74, 6) is -0.358.